The summed E-state index contributed by atoms with van der Waals surface area (Å²) in [6.45, 7) is 3.40. The summed E-state index contributed by atoms with van der Waals surface area (Å²) in [4.78, 5) is 51.8. The summed E-state index contributed by atoms with van der Waals surface area (Å²) in [6.07, 6.45) is -0.348. The average molecular weight is 556 g/mol. The maximum atomic E-state index is 13.4. The number of ether oxygens (including phenoxy) is 1. The Kier molecular flexibility index (Phi) is 7.80. The minimum atomic E-state index is -0.782. The van der Waals surface area contributed by atoms with Crippen LogP contribution < -0.4 is 15.5 Å². The Balaban J connectivity index is 1.52. The van der Waals surface area contributed by atoms with E-state index in [1.807, 2.05) is 0 Å². The van der Waals surface area contributed by atoms with Crippen LogP contribution in [0.3, 0.4) is 0 Å². The summed E-state index contributed by atoms with van der Waals surface area (Å²) in [5.74, 6) is -3.26. The van der Waals surface area contributed by atoms with E-state index in [1.54, 1.807) is 26.0 Å². The molecule has 0 bridgehead atoms. The standard InChI is InChI=1S/C27H20Cl2FN3O5/c1-14(2)38-27(37)16-6-4-8-19(12-16)33-25(35)22(29)23(26(33)36)31-17-7-3-5-15(11-17)24(34)32-18-9-10-21(30)20(28)13-18/h3-14,31H,1-2H3,(H,32,34). The Morgan fingerprint density at radius 1 is 0.895 bits per heavy atom. The normalized spacial score (nSPS) is 13.3. The minimum Gasteiger partial charge on any atom is -0.459 e. The number of carbonyl (C=O) groups excluding carboxylic acids is 4. The SMILES string of the molecule is CC(C)OC(=O)c1cccc(N2C(=O)C(Cl)=C(Nc3cccc(C(=O)Nc4ccc(F)c(Cl)c4)c3)C2=O)c1. The Bertz CT molecular complexity index is 1510. The van der Waals surface area contributed by atoms with E-state index in [2.05, 4.69) is 10.6 Å². The molecule has 1 heterocycles. The molecule has 1 aliphatic heterocycles. The van der Waals surface area contributed by atoms with Gasteiger partial charge in [0.2, 0.25) is 0 Å². The number of benzene rings is 3. The molecule has 0 saturated carbocycles. The van der Waals surface area contributed by atoms with Crippen molar-refractivity contribution in [1.29, 1.82) is 0 Å². The molecule has 194 valence electrons. The van der Waals surface area contributed by atoms with Gasteiger partial charge in [-0.3, -0.25) is 14.4 Å². The van der Waals surface area contributed by atoms with E-state index in [4.69, 9.17) is 27.9 Å². The lowest BCUT2D eigenvalue weighted by atomic mass is 10.1. The van der Waals surface area contributed by atoms with Gasteiger partial charge in [-0.05, 0) is 68.4 Å². The molecule has 0 unspecified atom stereocenters. The number of esters is 1. The van der Waals surface area contributed by atoms with Crippen LogP contribution in [-0.2, 0) is 14.3 Å². The van der Waals surface area contributed by atoms with Gasteiger partial charge in [0.25, 0.3) is 17.7 Å². The van der Waals surface area contributed by atoms with Crippen LogP contribution in [0, 0.1) is 5.82 Å². The second-order valence-corrected chi connectivity index (χ2v) is 9.21. The van der Waals surface area contributed by atoms with E-state index in [9.17, 15) is 23.6 Å². The third kappa shape index (κ3) is 5.69. The first-order chi connectivity index (χ1) is 18.0. The lowest BCUT2D eigenvalue weighted by Gasteiger charge is -2.16. The molecule has 0 fully saturated rings. The van der Waals surface area contributed by atoms with Crippen molar-refractivity contribution in [3.05, 3.63) is 99.4 Å². The molecule has 11 heteroatoms. The van der Waals surface area contributed by atoms with Crippen molar-refractivity contribution in [3.63, 3.8) is 0 Å². The molecule has 8 nitrogen and oxygen atoms in total. The lowest BCUT2D eigenvalue weighted by Crippen LogP contribution is -2.32. The fourth-order valence-corrected chi connectivity index (χ4v) is 3.95. The molecule has 0 aliphatic carbocycles. The Hall–Kier alpha value is -4.21. The van der Waals surface area contributed by atoms with E-state index >= 15 is 0 Å². The average Bonchev–Trinajstić information content (AvgIpc) is 3.09. The first-order valence-corrected chi connectivity index (χ1v) is 12.0. The maximum absolute atomic E-state index is 13.4. The van der Waals surface area contributed by atoms with Gasteiger partial charge in [0.1, 0.15) is 16.5 Å². The van der Waals surface area contributed by atoms with Crippen LogP contribution in [0.1, 0.15) is 34.6 Å². The van der Waals surface area contributed by atoms with Gasteiger partial charge in [-0.2, -0.15) is 0 Å². The predicted molar refractivity (Wildman–Crippen MR) is 142 cm³/mol. The predicted octanol–water partition coefficient (Wildman–Crippen LogP) is 5.73. The van der Waals surface area contributed by atoms with Crippen molar-refractivity contribution in [2.75, 3.05) is 15.5 Å². The molecule has 0 spiro atoms. The first-order valence-electron chi connectivity index (χ1n) is 11.3. The summed E-state index contributed by atoms with van der Waals surface area (Å²) < 4.78 is 18.6. The summed E-state index contributed by atoms with van der Waals surface area (Å²) in [5.41, 5.74) is 0.902. The van der Waals surface area contributed by atoms with Crippen LogP contribution in [0.4, 0.5) is 21.5 Å². The zero-order chi connectivity index (χ0) is 27.6. The molecule has 0 aromatic heterocycles. The molecule has 4 rings (SSSR count). The summed E-state index contributed by atoms with van der Waals surface area (Å²) in [6, 6.07) is 15.7. The van der Waals surface area contributed by atoms with E-state index < -0.39 is 29.5 Å². The summed E-state index contributed by atoms with van der Waals surface area (Å²) in [7, 11) is 0. The molecular formula is C27H20Cl2FN3O5. The first kappa shape index (κ1) is 26.8. The van der Waals surface area contributed by atoms with Gasteiger partial charge in [-0.15, -0.1) is 0 Å². The van der Waals surface area contributed by atoms with Crippen molar-refractivity contribution in [1.82, 2.24) is 0 Å². The molecular weight excluding hydrogens is 536 g/mol. The fraction of sp³-hybridized carbons (Fsp3) is 0.111. The van der Waals surface area contributed by atoms with Crippen LogP contribution in [0.15, 0.2) is 77.5 Å². The fourth-order valence-electron chi connectivity index (χ4n) is 3.56. The van der Waals surface area contributed by atoms with Crippen LogP contribution in [0.5, 0.6) is 0 Å². The largest absolute Gasteiger partial charge is 0.459 e. The number of rotatable bonds is 7. The van der Waals surface area contributed by atoms with Crippen molar-refractivity contribution < 1.29 is 28.3 Å². The van der Waals surface area contributed by atoms with Gasteiger partial charge >= 0.3 is 5.97 Å². The summed E-state index contributed by atoms with van der Waals surface area (Å²) in [5, 5.41) is 4.90. The number of nitrogens with one attached hydrogen (secondary N) is 2. The van der Waals surface area contributed by atoms with Crippen LogP contribution in [0.25, 0.3) is 0 Å². The molecule has 0 atom stereocenters. The maximum Gasteiger partial charge on any atom is 0.338 e. The monoisotopic (exact) mass is 555 g/mol. The van der Waals surface area contributed by atoms with Gasteiger partial charge in [0.15, 0.2) is 0 Å². The number of hydrogen-bond acceptors (Lipinski definition) is 6. The molecule has 0 radical (unpaired) electrons. The van der Waals surface area contributed by atoms with E-state index in [-0.39, 0.29) is 44.4 Å². The van der Waals surface area contributed by atoms with E-state index in [0.29, 0.717) is 5.69 Å². The summed E-state index contributed by atoms with van der Waals surface area (Å²) >= 11 is 12.0. The third-order valence-electron chi connectivity index (χ3n) is 5.28. The second kappa shape index (κ2) is 11.0. The molecule has 3 amide bonds. The number of halogens is 3. The quantitative estimate of drug-likeness (QED) is 0.285. The highest BCUT2D eigenvalue weighted by atomic mass is 35.5. The number of amides is 3. The lowest BCUT2D eigenvalue weighted by molar-refractivity contribution is -0.120. The number of nitrogens with zero attached hydrogens (tertiary/aromatic N) is 1. The zero-order valence-corrected chi connectivity index (χ0v) is 21.6. The molecule has 1 aliphatic rings. The number of carbonyl (C=O) groups is 4. The topological polar surface area (TPSA) is 105 Å². The van der Waals surface area contributed by atoms with Crippen molar-refractivity contribution in [2.24, 2.45) is 0 Å². The minimum absolute atomic E-state index is 0.138. The molecule has 0 saturated heterocycles. The van der Waals surface area contributed by atoms with Crippen LogP contribution in [0.2, 0.25) is 5.02 Å². The van der Waals surface area contributed by atoms with E-state index in [0.717, 1.165) is 11.0 Å². The van der Waals surface area contributed by atoms with Crippen molar-refractivity contribution in [3.8, 4) is 0 Å². The Morgan fingerprint density at radius 3 is 2.32 bits per heavy atom. The number of hydrogen-bond donors (Lipinski definition) is 2. The van der Waals surface area contributed by atoms with Crippen molar-refractivity contribution >= 4 is 64.0 Å². The van der Waals surface area contributed by atoms with Gasteiger partial charge in [0.05, 0.1) is 22.4 Å². The highest BCUT2D eigenvalue weighted by Gasteiger charge is 2.39. The highest BCUT2D eigenvalue weighted by Crippen LogP contribution is 2.31. The van der Waals surface area contributed by atoms with Gasteiger partial charge < -0.3 is 15.4 Å². The number of anilines is 3. The Morgan fingerprint density at radius 2 is 1.61 bits per heavy atom. The van der Waals surface area contributed by atoms with E-state index in [1.165, 1.54) is 48.5 Å². The van der Waals surface area contributed by atoms with Crippen molar-refractivity contribution in [2.45, 2.75) is 20.0 Å². The van der Waals surface area contributed by atoms with Gasteiger partial charge in [0, 0.05) is 16.9 Å². The second-order valence-electron chi connectivity index (χ2n) is 8.43. The highest BCUT2D eigenvalue weighted by molar-refractivity contribution is 6.53. The molecule has 3 aromatic rings. The van der Waals surface area contributed by atoms with Gasteiger partial charge in [-0.1, -0.05) is 35.3 Å². The van der Waals surface area contributed by atoms with Crippen LogP contribution >= 0.6 is 23.2 Å². The number of imide groups is 1. The zero-order valence-electron chi connectivity index (χ0n) is 20.1. The van der Waals surface area contributed by atoms with Crippen LogP contribution in [-0.4, -0.2) is 29.8 Å². The molecule has 3 aromatic carbocycles. The third-order valence-corrected chi connectivity index (χ3v) is 5.92. The smallest absolute Gasteiger partial charge is 0.338 e. The molecule has 38 heavy (non-hydrogen) atoms. The molecule has 2 N–H and O–H groups in total. The Labute approximate surface area is 227 Å². The van der Waals surface area contributed by atoms with Gasteiger partial charge in [-0.25, -0.2) is 14.1 Å².